The predicted octanol–water partition coefficient (Wildman–Crippen LogP) is 3.64. The number of aryl methyl sites for hydroxylation is 2. The summed E-state index contributed by atoms with van der Waals surface area (Å²) in [7, 11) is -3.81. The van der Waals surface area contributed by atoms with Crippen molar-refractivity contribution in [2.24, 2.45) is 5.14 Å². The molecule has 0 bridgehead atoms. The lowest BCUT2D eigenvalue weighted by Crippen LogP contribution is -2.13. The number of nitrogens with zero attached hydrogens (tertiary/aromatic N) is 3. The van der Waals surface area contributed by atoms with Gasteiger partial charge in [-0.1, -0.05) is 49.4 Å². The first-order chi connectivity index (χ1) is 14.8. The Kier molecular flexibility index (Phi) is 5.51. The summed E-state index contributed by atoms with van der Waals surface area (Å²) < 4.78 is 26.0. The van der Waals surface area contributed by atoms with E-state index in [0.717, 1.165) is 46.5 Å². The number of hydrogen-bond donors (Lipinski definition) is 2. The molecule has 8 heteroatoms. The molecule has 2 heterocycles. The molecular weight excluding hydrogens is 410 g/mol. The van der Waals surface area contributed by atoms with Crippen molar-refractivity contribution in [2.45, 2.75) is 38.1 Å². The van der Waals surface area contributed by atoms with E-state index < -0.39 is 10.0 Å². The molecule has 160 valence electrons. The van der Waals surface area contributed by atoms with Crippen LogP contribution >= 0.6 is 0 Å². The SMILES string of the molecule is CCCc1nc2c(C)c(N)cnc2n1Cc1ccc(-c2ccccc2S(N)(=O)=O)cc1. The van der Waals surface area contributed by atoms with Crippen LogP contribution in [-0.2, 0) is 23.0 Å². The molecule has 0 aliphatic heterocycles. The largest absolute Gasteiger partial charge is 0.397 e. The Morgan fingerprint density at radius 3 is 2.45 bits per heavy atom. The third-order valence-electron chi connectivity index (χ3n) is 5.41. The van der Waals surface area contributed by atoms with Crippen molar-refractivity contribution in [3.63, 3.8) is 0 Å². The lowest BCUT2D eigenvalue weighted by molar-refractivity contribution is 0.598. The van der Waals surface area contributed by atoms with Gasteiger partial charge in [0.1, 0.15) is 11.3 Å². The number of anilines is 1. The molecule has 0 aliphatic carbocycles. The lowest BCUT2D eigenvalue weighted by atomic mass is 10.0. The number of rotatable bonds is 6. The summed E-state index contributed by atoms with van der Waals surface area (Å²) in [5.74, 6) is 0.974. The summed E-state index contributed by atoms with van der Waals surface area (Å²) in [6, 6.07) is 14.5. The molecule has 0 fully saturated rings. The lowest BCUT2D eigenvalue weighted by Gasteiger charge is -2.11. The van der Waals surface area contributed by atoms with Gasteiger partial charge in [-0.3, -0.25) is 0 Å². The molecule has 0 atom stereocenters. The highest BCUT2D eigenvalue weighted by Crippen LogP contribution is 2.28. The fraction of sp³-hybridized carbons (Fsp3) is 0.217. The van der Waals surface area contributed by atoms with Gasteiger partial charge in [0.2, 0.25) is 10.0 Å². The minimum Gasteiger partial charge on any atom is -0.397 e. The molecule has 0 spiro atoms. The van der Waals surface area contributed by atoms with E-state index in [-0.39, 0.29) is 4.90 Å². The minimum atomic E-state index is -3.81. The van der Waals surface area contributed by atoms with E-state index in [1.54, 1.807) is 24.4 Å². The molecule has 2 aromatic heterocycles. The van der Waals surface area contributed by atoms with Crippen LogP contribution in [0.3, 0.4) is 0 Å². The zero-order valence-corrected chi connectivity index (χ0v) is 18.4. The highest BCUT2D eigenvalue weighted by molar-refractivity contribution is 7.89. The third kappa shape index (κ3) is 4.04. The van der Waals surface area contributed by atoms with E-state index >= 15 is 0 Å². The first-order valence-electron chi connectivity index (χ1n) is 10.1. The van der Waals surface area contributed by atoms with Gasteiger partial charge in [-0.25, -0.2) is 23.5 Å². The van der Waals surface area contributed by atoms with Gasteiger partial charge in [-0.15, -0.1) is 0 Å². The van der Waals surface area contributed by atoms with Crippen LogP contribution in [0.1, 0.15) is 30.3 Å². The molecule has 0 unspecified atom stereocenters. The molecule has 4 N–H and O–H groups in total. The van der Waals surface area contributed by atoms with Crippen LogP contribution in [0.25, 0.3) is 22.3 Å². The Balaban J connectivity index is 1.72. The van der Waals surface area contributed by atoms with Crippen molar-refractivity contribution < 1.29 is 8.42 Å². The summed E-state index contributed by atoms with van der Waals surface area (Å²) >= 11 is 0. The van der Waals surface area contributed by atoms with Crippen LogP contribution in [0.5, 0.6) is 0 Å². The number of fused-ring (bicyclic) bond motifs is 1. The van der Waals surface area contributed by atoms with Gasteiger partial charge < -0.3 is 10.3 Å². The maximum Gasteiger partial charge on any atom is 0.238 e. The fourth-order valence-corrected chi connectivity index (χ4v) is 4.50. The van der Waals surface area contributed by atoms with Crippen LogP contribution in [0.15, 0.2) is 59.6 Å². The first-order valence-corrected chi connectivity index (χ1v) is 11.7. The zero-order valence-electron chi connectivity index (χ0n) is 17.5. The van der Waals surface area contributed by atoms with Gasteiger partial charge in [0, 0.05) is 17.5 Å². The number of imidazole rings is 1. The monoisotopic (exact) mass is 435 g/mol. The van der Waals surface area contributed by atoms with Crippen molar-refractivity contribution >= 4 is 26.9 Å². The number of nitrogen functional groups attached to an aromatic ring is 1. The highest BCUT2D eigenvalue weighted by Gasteiger charge is 2.16. The number of hydrogen-bond acceptors (Lipinski definition) is 5. The number of primary sulfonamides is 1. The summed E-state index contributed by atoms with van der Waals surface area (Å²) in [5.41, 5.74) is 11.7. The zero-order chi connectivity index (χ0) is 22.2. The second-order valence-corrected chi connectivity index (χ2v) is 9.14. The number of sulfonamides is 1. The molecule has 0 amide bonds. The van der Waals surface area contributed by atoms with Crippen LogP contribution in [0.4, 0.5) is 5.69 Å². The predicted molar refractivity (Wildman–Crippen MR) is 123 cm³/mol. The van der Waals surface area contributed by atoms with Crippen molar-refractivity contribution in [1.82, 2.24) is 14.5 Å². The number of pyridine rings is 1. The molecule has 31 heavy (non-hydrogen) atoms. The number of nitrogens with two attached hydrogens (primary N) is 2. The minimum absolute atomic E-state index is 0.117. The molecule has 4 aromatic rings. The van der Waals surface area contributed by atoms with Crippen molar-refractivity contribution in [3.05, 3.63) is 71.7 Å². The average Bonchev–Trinajstić information content (AvgIpc) is 3.09. The molecule has 0 radical (unpaired) electrons. The van der Waals surface area contributed by atoms with E-state index in [4.69, 9.17) is 15.9 Å². The van der Waals surface area contributed by atoms with Crippen LogP contribution in [0.2, 0.25) is 0 Å². The number of aromatic nitrogens is 3. The Labute approximate surface area is 181 Å². The molecular formula is C23H25N5O2S. The van der Waals surface area contributed by atoms with Crippen LogP contribution in [0, 0.1) is 6.92 Å². The van der Waals surface area contributed by atoms with E-state index in [9.17, 15) is 8.42 Å². The summed E-state index contributed by atoms with van der Waals surface area (Å²) in [4.78, 5) is 9.46. The Bertz CT molecular complexity index is 1360. The Morgan fingerprint density at radius 2 is 1.77 bits per heavy atom. The van der Waals surface area contributed by atoms with Gasteiger partial charge in [0.25, 0.3) is 0 Å². The number of benzene rings is 2. The van der Waals surface area contributed by atoms with E-state index in [2.05, 4.69) is 16.5 Å². The molecule has 0 saturated heterocycles. The van der Waals surface area contributed by atoms with E-state index in [1.807, 2.05) is 31.2 Å². The molecule has 7 nitrogen and oxygen atoms in total. The smallest absolute Gasteiger partial charge is 0.238 e. The second-order valence-electron chi connectivity index (χ2n) is 7.61. The molecule has 0 aliphatic rings. The van der Waals surface area contributed by atoms with E-state index in [1.165, 1.54) is 6.07 Å². The van der Waals surface area contributed by atoms with Gasteiger partial charge in [0.05, 0.1) is 23.3 Å². The second kappa shape index (κ2) is 8.13. The summed E-state index contributed by atoms with van der Waals surface area (Å²) in [6.07, 6.45) is 3.50. The van der Waals surface area contributed by atoms with Crippen LogP contribution in [-0.4, -0.2) is 23.0 Å². The van der Waals surface area contributed by atoms with E-state index in [0.29, 0.717) is 17.8 Å². The first kappa shape index (κ1) is 21.0. The average molecular weight is 436 g/mol. The van der Waals surface area contributed by atoms with Crippen LogP contribution < -0.4 is 10.9 Å². The van der Waals surface area contributed by atoms with Crippen molar-refractivity contribution in [3.8, 4) is 11.1 Å². The van der Waals surface area contributed by atoms with Crippen molar-refractivity contribution in [2.75, 3.05) is 5.73 Å². The maximum atomic E-state index is 11.9. The standard InChI is InChI=1S/C23H25N5O2S/c1-3-6-21-27-22-15(2)19(24)13-26-23(22)28(21)14-16-9-11-17(12-10-16)18-7-4-5-8-20(18)31(25,29)30/h4-5,7-13H,3,6,14,24H2,1-2H3,(H2,25,29,30). The third-order valence-corrected chi connectivity index (χ3v) is 6.38. The highest BCUT2D eigenvalue weighted by atomic mass is 32.2. The van der Waals surface area contributed by atoms with Gasteiger partial charge >= 0.3 is 0 Å². The normalized spacial score (nSPS) is 11.8. The van der Waals surface area contributed by atoms with Crippen molar-refractivity contribution in [1.29, 1.82) is 0 Å². The topological polar surface area (TPSA) is 117 Å². The van der Waals surface area contributed by atoms with Gasteiger partial charge in [0.15, 0.2) is 5.65 Å². The molecule has 4 rings (SSSR count). The fourth-order valence-electron chi connectivity index (χ4n) is 3.74. The van der Waals surface area contributed by atoms with Gasteiger partial charge in [-0.2, -0.15) is 0 Å². The maximum absolute atomic E-state index is 11.9. The summed E-state index contributed by atoms with van der Waals surface area (Å²) in [6.45, 7) is 4.69. The molecule has 2 aromatic carbocycles. The Morgan fingerprint density at radius 1 is 1.06 bits per heavy atom. The molecule has 0 saturated carbocycles. The Hall–Kier alpha value is -3.23. The summed E-state index contributed by atoms with van der Waals surface area (Å²) in [5, 5.41) is 5.38. The van der Waals surface area contributed by atoms with Gasteiger partial charge in [-0.05, 0) is 30.5 Å². The quantitative estimate of drug-likeness (QED) is 0.479.